The first-order chi connectivity index (χ1) is 15.2. The Kier molecular flexibility index (Phi) is 4.76. The number of hydrogen-bond donors (Lipinski definition) is 0. The number of ether oxygens (including phenoxy) is 1. The topological polar surface area (TPSA) is 78.4 Å². The SMILES string of the molecule is O=c1c(-c2ccccc2)coc2cc(OCc3nc(-c4ccc(F)cc4)no3)ccc12. The number of fused-ring (bicyclic) bond motifs is 1. The van der Waals surface area contributed by atoms with Gasteiger partial charge in [0.15, 0.2) is 12.0 Å². The molecule has 5 rings (SSSR count). The first-order valence-corrected chi connectivity index (χ1v) is 9.50. The van der Waals surface area contributed by atoms with Gasteiger partial charge in [0.25, 0.3) is 5.89 Å². The van der Waals surface area contributed by atoms with Crippen molar-refractivity contribution in [2.24, 2.45) is 0 Å². The maximum absolute atomic E-state index is 13.0. The highest BCUT2D eigenvalue weighted by atomic mass is 19.1. The van der Waals surface area contributed by atoms with Crippen molar-refractivity contribution in [3.05, 3.63) is 101 Å². The summed E-state index contributed by atoms with van der Waals surface area (Å²) in [5.41, 5.74) is 2.24. The molecule has 0 N–H and O–H groups in total. The summed E-state index contributed by atoms with van der Waals surface area (Å²) >= 11 is 0. The highest BCUT2D eigenvalue weighted by molar-refractivity contribution is 5.82. The zero-order chi connectivity index (χ0) is 21.2. The fraction of sp³-hybridized carbons (Fsp3) is 0.0417. The number of benzene rings is 3. The minimum absolute atomic E-state index is 0.0338. The summed E-state index contributed by atoms with van der Waals surface area (Å²) < 4.78 is 29.6. The Morgan fingerprint density at radius 3 is 2.55 bits per heavy atom. The predicted octanol–water partition coefficient (Wildman–Crippen LogP) is 5.23. The molecule has 0 saturated carbocycles. The maximum atomic E-state index is 13.0. The largest absolute Gasteiger partial charge is 0.484 e. The standard InChI is InChI=1S/C24H15FN2O4/c25-17-8-6-16(7-9-17)24-26-22(31-27-24)14-29-18-10-11-19-21(12-18)30-13-20(23(19)28)15-4-2-1-3-5-15/h1-13H,14H2. The maximum Gasteiger partial charge on any atom is 0.264 e. The van der Waals surface area contributed by atoms with E-state index in [4.69, 9.17) is 13.7 Å². The van der Waals surface area contributed by atoms with Crippen molar-refractivity contribution in [1.29, 1.82) is 0 Å². The van der Waals surface area contributed by atoms with Crippen LogP contribution in [0.4, 0.5) is 4.39 Å². The molecule has 152 valence electrons. The molecule has 3 aromatic carbocycles. The van der Waals surface area contributed by atoms with E-state index in [1.807, 2.05) is 30.3 Å². The van der Waals surface area contributed by atoms with Gasteiger partial charge in [-0.05, 0) is 42.0 Å². The lowest BCUT2D eigenvalue weighted by Gasteiger charge is -2.06. The number of rotatable bonds is 5. The summed E-state index contributed by atoms with van der Waals surface area (Å²) in [6.07, 6.45) is 1.46. The molecule has 0 unspecified atom stereocenters. The minimum Gasteiger partial charge on any atom is -0.484 e. The van der Waals surface area contributed by atoms with Crippen LogP contribution < -0.4 is 10.2 Å². The number of halogens is 1. The molecule has 5 aromatic rings. The van der Waals surface area contributed by atoms with Crippen molar-refractivity contribution >= 4 is 11.0 Å². The Labute approximate surface area is 175 Å². The van der Waals surface area contributed by atoms with E-state index in [0.717, 1.165) is 5.56 Å². The van der Waals surface area contributed by atoms with Gasteiger partial charge in [-0.2, -0.15) is 4.98 Å². The van der Waals surface area contributed by atoms with E-state index in [1.165, 1.54) is 18.4 Å². The lowest BCUT2D eigenvalue weighted by molar-refractivity contribution is 0.243. The van der Waals surface area contributed by atoms with E-state index in [9.17, 15) is 9.18 Å². The summed E-state index contributed by atoms with van der Waals surface area (Å²) in [5, 5.41) is 4.34. The molecule has 0 aliphatic carbocycles. The van der Waals surface area contributed by atoms with Gasteiger partial charge in [0.1, 0.15) is 23.4 Å². The molecule has 0 bridgehead atoms. The van der Waals surface area contributed by atoms with Crippen LogP contribution in [0.15, 0.2) is 92.8 Å². The van der Waals surface area contributed by atoms with Gasteiger partial charge < -0.3 is 13.7 Å². The number of nitrogens with zero attached hydrogens (tertiary/aromatic N) is 2. The Morgan fingerprint density at radius 2 is 1.74 bits per heavy atom. The Bertz CT molecular complexity index is 1410. The summed E-state index contributed by atoms with van der Waals surface area (Å²) in [7, 11) is 0. The number of aromatic nitrogens is 2. The molecule has 0 atom stereocenters. The summed E-state index contributed by atoms with van der Waals surface area (Å²) in [6.45, 7) is 0.0338. The van der Waals surface area contributed by atoms with Crippen molar-refractivity contribution in [3.63, 3.8) is 0 Å². The molecule has 6 nitrogen and oxygen atoms in total. The fourth-order valence-electron chi connectivity index (χ4n) is 3.19. The van der Waals surface area contributed by atoms with E-state index in [1.54, 1.807) is 30.3 Å². The molecule has 0 fully saturated rings. The van der Waals surface area contributed by atoms with Crippen LogP contribution in [-0.4, -0.2) is 10.1 Å². The van der Waals surface area contributed by atoms with Gasteiger partial charge in [0, 0.05) is 11.6 Å². The third kappa shape index (κ3) is 3.81. The highest BCUT2D eigenvalue weighted by Gasteiger charge is 2.12. The summed E-state index contributed by atoms with van der Waals surface area (Å²) in [6, 6.07) is 20.1. The smallest absolute Gasteiger partial charge is 0.264 e. The van der Waals surface area contributed by atoms with Crippen molar-refractivity contribution in [3.8, 4) is 28.3 Å². The molecule has 0 aliphatic rings. The molecule has 31 heavy (non-hydrogen) atoms. The second-order valence-corrected chi connectivity index (χ2v) is 6.81. The average molecular weight is 414 g/mol. The minimum atomic E-state index is -0.338. The summed E-state index contributed by atoms with van der Waals surface area (Å²) in [5.74, 6) is 0.760. The molecule has 0 amide bonds. The van der Waals surface area contributed by atoms with E-state index in [-0.39, 0.29) is 23.7 Å². The lowest BCUT2D eigenvalue weighted by Crippen LogP contribution is -2.05. The van der Waals surface area contributed by atoms with E-state index in [2.05, 4.69) is 10.1 Å². The van der Waals surface area contributed by atoms with E-state index in [0.29, 0.717) is 33.7 Å². The second-order valence-electron chi connectivity index (χ2n) is 6.81. The van der Waals surface area contributed by atoms with Crippen LogP contribution in [0.3, 0.4) is 0 Å². The van der Waals surface area contributed by atoms with Crippen LogP contribution in [0.2, 0.25) is 0 Å². The fourth-order valence-corrected chi connectivity index (χ4v) is 3.19. The van der Waals surface area contributed by atoms with Crippen molar-refractivity contribution in [2.75, 3.05) is 0 Å². The van der Waals surface area contributed by atoms with Gasteiger partial charge in [-0.25, -0.2) is 4.39 Å². The molecule has 2 heterocycles. The molecular weight excluding hydrogens is 399 g/mol. The average Bonchev–Trinajstić information content (AvgIpc) is 3.28. The first-order valence-electron chi connectivity index (χ1n) is 9.50. The lowest BCUT2D eigenvalue weighted by atomic mass is 10.1. The molecule has 2 aromatic heterocycles. The van der Waals surface area contributed by atoms with E-state index >= 15 is 0 Å². The second kappa shape index (κ2) is 7.87. The normalized spacial score (nSPS) is 11.0. The predicted molar refractivity (Wildman–Crippen MR) is 112 cm³/mol. The van der Waals surface area contributed by atoms with Crippen LogP contribution in [0.25, 0.3) is 33.5 Å². The third-order valence-corrected chi connectivity index (χ3v) is 4.76. The zero-order valence-corrected chi connectivity index (χ0v) is 16.1. The van der Waals surface area contributed by atoms with Gasteiger partial charge in [0.05, 0.1) is 10.9 Å². The van der Waals surface area contributed by atoms with Crippen molar-refractivity contribution in [2.45, 2.75) is 6.61 Å². The molecule has 0 radical (unpaired) electrons. The van der Waals surface area contributed by atoms with Crippen LogP contribution in [0.5, 0.6) is 5.75 Å². The van der Waals surface area contributed by atoms with Crippen LogP contribution >= 0.6 is 0 Å². The summed E-state index contributed by atoms with van der Waals surface area (Å²) in [4.78, 5) is 17.1. The Hall–Kier alpha value is -4.26. The van der Waals surface area contributed by atoms with Gasteiger partial charge in [-0.3, -0.25) is 4.79 Å². The van der Waals surface area contributed by atoms with Crippen molar-refractivity contribution in [1.82, 2.24) is 10.1 Å². The molecule has 7 heteroatoms. The number of hydrogen-bond acceptors (Lipinski definition) is 6. The monoisotopic (exact) mass is 414 g/mol. The molecule has 0 saturated heterocycles. The van der Waals surface area contributed by atoms with Gasteiger partial charge in [-0.15, -0.1) is 0 Å². The van der Waals surface area contributed by atoms with Gasteiger partial charge in [-0.1, -0.05) is 35.5 Å². The first kappa shape index (κ1) is 18.7. The van der Waals surface area contributed by atoms with E-state index < -0.39 is 0 Å². The molecule has 0 spiro atoms. The van der Waals surface area contributed by atoms with Crippen LogP contribution in [0, 0.1) is 5.82 Å². The molecular formula is C24H15FN2O4. The van der Waals surface area contributed by atoms with Crippen LogP contribution in [-0.2, 0) is 6.61 Å². The zero-order valence-electron chi connectivity index (χ0n) is 16.1. The van der Waals surface area contributed by atoms with Crippen molar-refractivity contribution < 1.29 is 18.1 Å². The quantitative estimate of drug-likeness (QED) is 0.392. The van der Waals surface area contributed by atoms with Crippen LogP contribution in [0.1, 0.15) is 5.89 Å². The Morgan fingerprint density at radius 1 is 0.935 bits per heavy atom. The molecule has 0 aliphatic heterocycles. The Balaban J connectivity index is 1.35. The third-order valence-electron chi connectivity index (χ3n) is 4.76. The van der Waals surface area contributed by atoms with Gasteiger partial charge >= 0.3 is 0 Å². The highest BCUT2D eigenvalue weighted by Crippen LogP contribution is 2.24. The van der Waals surface area contributed by atoms with Gasteiger partial charge in [0.2, 0.25) is 5.82 Å².